The van der Waals surface area contributed by atoms with Gasteiger partial charge < -0.3 is 24.5 Å². The summed E-state index contributed by atoms with van der Waals surface area (Å²) in [7, 11) is 0. The summed E-state index contributed by atoms with van der Waals surface area (Å²) < 4.78 is 53.4. The van der Waals surface area contributed by atoms with Crippen molar-refractivity contribution in [2.75, 3.05) is 26.3 Å². The summed E-state index contributed by atoms with van der Waals surface area (Å²) in [4.78, 5) is 35.2. The van der Waals surface area contributed by atoms with Gasteiger partial charge in [0.1, 0.15) is 23.2 Å². The van der Waals surface area contributed by atoms with Gasteiger partial charge in [-0.3, -0.25) is 9.59 Å². The Balaban J connectivity index is 1.29. The number of hydrogen-bond donors (Lipinski definition) is 2. The summed E-state index contributed by atoms with van der Waals surface area (Å²) in [5.41, 5.74) is 1.76. The maximum absolute atomic E-state index is 16.0. The molecule has 1 aromatic carbocycles. The fourth-order valence-electron chi connectivity index (χ4n) is 6.46. The number of benzene rings is 1. The lowest BCUT2D eigenvalue weighted by Gasteiger charge is -2.40. The van der Waals surface area contributed by atoms with Crippen LogP contribution in [0.25, 0.3) is 11.0 Å². The van der Waals surface area contributed by atoms with Crippen molar-refractivity contribution in [2.45, 2.75) is 63.8 Å². The van der Waals surface area contributed by atoms with E-state index >= 15 is 4.39 Å². The molecule has 2 N–H and O–H groups in total. The summed E-state index contributed by atoms with van der Waals surface area (Å²) in [6.07, 6.45) is 5.69. The molecule has 2 saturated heterocycles. The van der Waals surface area contributed by atoms with Gasteiger partial charge in [-0.1, -0.05) is 37.9 Å². The summed E-state index contributed by atoms with van der Waals surface area (Å²) in [6, 6.07) is 2.82. The van der Waals surface area contributed by atoms with Crippen LogP contribution in [-0.2, 0) is 16.0 Å². The smallest absolute Gasteiger partial charge is 0.282 e. The first-order valence-electron chi connectivity index (χ1n) is 14.3. The largest absolute Gasteiger partial charge is 0.380 e. The molecule has 2 unspecified atom stereocenters. The maximum Gasteiger partial charge on any atom is 0.282 e. The van der Waals surface area contributed by atoms with Gasteiger partial charge in [0.2, 0.25) is 5.91 Å². The van der Waals surface area contributed by atoms with Crippen LogP contribution in [-0.4, -0.2) is 64.1 Å². The molecule has 2 aromatic heterocycles. The van der Waals surface area contributed by atoms with Gasteiger partial charge in [0.25, 0.3) is 11.8 Å². The number of aryl methyl sites for hydroxylation is 1. The number of imidazole rings is 1. The van der Waals surface area contributed by atoms with E-state index in [1.54, 1.807) is 12.1 Å². The molecule has 0 bridgehead atoms. The highest BCUT2D eigenvalue weighted by molar-refractivity contribution is 5.95. The van der Waals surface area contributed by atoms with Gasteiger partial charge in [-0.2, -0.15) is 0 Å². The zero-order valence-corrected chi connectivity index (χ0v) is 23.1. The number of nitrogens with zero attached hydrogens (tertiary/aromatic N) is 3. The van der Waals surface area contributed by atoms with E-state index in [-0.39, 0.29) is 36.1 Å². The number of likely N-dealkylation sites (tertiary alicyclic amines) is 1. The van der Waals surface area contributed by atoms with E-state index in [2.05, 4.69) is 27.4 Å². The lowest BCUT2D eigenvalue weighted by atomic mass is 9.79. The van der Waals surface area contributed by atoms with E-state index in [0.29, 0.717) is 34.9 Å². The van der Waals surface area contributed by atoms with Gasteiger partial charge in [-0.05, 0) is 42.7 Å². The maximum atomic E-state index is 16.0. The highest BCUT2D eigenvalue weighted by atomic mass is 19.3. The first kappa shape index (κ1) is 27.7. The first-order valence-corrected chi connectivity index (χ1v) is 14.3. The lowest BCUT2D eigenvalue weighted by molar-refractivity contribution is -0.169. The molecule has 3 atom stereocenters. The zero-order chi connectivity index (χ0) is 28.9. The molecular weight excluding hydrogens is 539 g/mol. The van der Waals surface area contributed by atoms with E-state index in [9.17, 15) is 18.4 Å². The van der Waals surface area contributed by atoms with Crippen molar-refractivity contribution in [1.29, 1.82) is 0 Å². The van der Waals surface area contributed by atoms with Gasteiger partial charge >= 0.3 is 0 Å². The molecule has 3 fully saturated rings. The second-order valence-corrected chi connectivity index (χ2v) is 11.8. The summed E-state index contributed by atoms with van der Waals surface area (Å²) in [6.45, 7) is 3.01. The summed E-state index contributed by atoms with van der Waals surface area (Å²) >= 11 is 0. The van der Waals surface area contributed by atoms with Crippen LogP contribution in [0.4, 0.5) is 13.2 Å². The SMILES string of the molecule is CCc1nocc1C(=O)N[C@H](c1nc2c(F)c(C3COCC3C(=O)N3CC(F)(F)C3)ccc2[nH]1)C1CCC(C)CC1. The van der Waals surface area contributed by atoms with Gasteiger partial charge in [0.05, 0.1) is 49.5 Å². The Morgan fingerprint density at radius 1 is 1.20 bits per heavy atom. The van der Waals surface area contributed by atoms with Crippen LogP contribution in [0.1, 0.15) is 78.9 Å². The summed E-state index contributed by atoms with van der Waals surface area (Å²) in [5.74, 6) is -4.45. The average molecular weight is 574 g/mol. The van der Waals surface area contributed by atoms with E-state index in [1.807, 2.05) is 6.92 Å². The average Bonchev–Trinajstić information content (AvgIpc) is 3.70. The van der Waals surface area contributed by atoms with Crippen molar-refractivity contribution in [3.63, 3.8) is 0 Å². The molecule has 1 saturated carbocycles. The molecule has 6 rings (SSSR count). The number of aromatic nitrogens is 3. The minimum atomic E-state index is -2.88. The predicted molar refractivity (Wildman–Crippen MR) is 142 cm³/mol. The normalized spacial score (nSPS) is 26.6. The van der Waals surface area contributed by atoms with Crippen LogP contribution in [0.15, 0.2) is 22.9 Å². The number of aromatic amines is 1. The summed E-state index contributed by atoms with van der Waals surface area (Å²) in [5, 5.41) is 7.03. The van der Waals surface area contributed by atoms with Crippen LogP contribution >= 0.6 is 0 Å². The third-order valence-electron chi connectivity index (χ3n) is 8.93. The molecule has 9 nitrogen and oxygen atoms in total. The fraction of sp³-hybridized carbons (Fsp3) is 0.586. The lowest BCUT2D eigenvalue weighted by Crippen LogP contribution is -2.60. The molecule has 2 amide bonds. The Morgan fingerprint density at radius 2 is 1.95 bits per heavy atom. The number of carbonyl (C=O) groups is 2. The third kappa shape index (κ3) is 5.22. The van der Waals surface area contributed by atoms with E-state index in [0.717, 1.165) is 30.6 Å². The van der Waals surface area contributed by atoms with Gasteiger partial charge in [0, 0.05) is 5.92 Å². The van der Waals surface area contributed by atoms with E-state index in [4.69, 9.17) is 9.26 Å². The Labute approximate surface area is 235 Å². The second-order valence-electron chi connectivity index (χ2n) is 11.8. The van der Waals surface area contributed by atoms with Gasteiger partial charge in [-0.25, -0.2) is 18.2 Å². The van der Waals surface area contributed by atoms with Crippen molar-refractivity contribution >= 4 is 22.8 Å². The van der Waals surface area contributed by atoms with E-state index in [1.165, 1.54) is 6.26 Å². The van der Waals surface area contributed by atoms with Crippen LogP contribution in [0, 0.1) is 23.6 Å². The minimum Gasteiger partial charge on any atom is -0.380 e. The van der Waals surface area contributed by atoms with Crippen LogP contribution < -0.4 is 5.32 Å². The van der Waals surface area contributed by atoms with Gasteiger partial charge in [0.15, 0.2) is 5.82 Å². The second kappa shape index (κ2) is 10.8. The topological polar surface area (TPSA) is 113 Å². The van der Waals surface area contributed by atoms with Crippen molar-refractivity contribution in [3.05, 3.63) is 46.9 Å². The number of amides is 2. The first-order chi connectivity index (χ1) is 19.6. The number of rotatable bonds is 7. The van der Waals surface area contributed by atoms with Crippen LogP contribution in [0.2, 0.25) is 0 Å². The number of fused-ring (bicyclic) bond motifs is 1. The van der Waals surface area contributed by atoms with Crippen molar-refractivity contribution < 1.29 is 32.0 Å². The molecule has 2 aliphatic heterocycles. The zero-order valence-electron chi connectivity index (χ0n) is 23.1. The van der Waals surface area contributed by atoms with Crippen molar-refractivity contribution in [3.8, 4) is 0 Å². The molecule has 0 spiro atoms. The molecule has 41 heavy (non-hydrogen) atoms. The van der Waals surface area contributed by atoms with Crippen molar-refractivity contribution in [2.24, 2.45) is 17.8 Å². The van der Waals surface area contributed by atoms with Crippen molar-refractivity contribution in [1.82, 2.24) is 25.3 Å². The Bertz CT molecular complexity index is 1440. The number of hydrogen-bond acceptors (Lipinski definition) is 6. The Kier molecular flexibility index (Phi) is 7.29. The number of halogens is 3. The highest BCUT2D eigenvalue weighted by Gasteiger charge is 2.50. The molecule has 4 heterocycles. The fourth-order valence-corrected chi connectivity index (χ4v) is 6.46. The number of alkyl halides is 2. The monoisotopic (exact) mass is 573 g/mol. The Morgan fingerprint density at radius 3 is 2.66 bits per heavy atom. The Hall–Kier alpha value is -3.41. The van der Waals surface area contributed by atoms with Crippen LogP contribution in [0.3, 0.4) is 0 Å². The van der Waals surface area contributed by atoms with E-state index < -0.39 is 48.6 Å². The van der Waals surface area contributed by atoms with Gasteiger partial charge in [-0.15, -0.1) is 0 Å². The molecule has 0 radical (unpaired) electrons. The molecule has 3 aliphatic rings. The molecule has 1 aliphatic carbocycles. The number of ether oxygens (including phenoxy) is 1. The third-order valence-corrected chi connectivity index (χ3v) is 8.93. The number of carbonyl (C=O) groups excluding carboxylic acids is 2. The predicted octanol–water partition coefficient (Wildman–Crippen LogP) is 4.76. The minimum absolute atomic E-state index is 0.0473. The molecular formula is C29H34F3N5O4. The quantitative estimate of drug-likeness (QED) is 0.422. The molecule has 3 aromatic rings. The number of nitrogens with one attached hydrogen (secondary N) is 2. The van der Waals surface area contributed by atoms with Crippen LogP contribution in [0.5, 0.6) is 0 Å². The molecule has 12 heteroatoms. The number of H-pyrrole nitrogens is 1. The molecule has 220 valence electrons. The highest BCUT2D eigenvalue weighted by Crippen LogP contribution is 2.40. The standard InChI is InChI=1S/C29H34F3N5O4/c1-3-21-20(12-41-36-21)27(38)35-24(16-6-4-15(2)5-7-16)26-33-22-9-8-17(23(30)25(22)34-26)18-10-40-11-19(18)28(39)37-13-29(31,32)14-37/h8-9,12,15-16,18-19,24H,3-7,10-11,13-14H2,1-2H3,(H,33,34)(H,35,38)/t15?,16?,18?,19?,24-/m0/s1.